The van der Waals surface area contributed by atoms with E-state index < -0.39 is 5.60 Å². The lowest BCUT2D eigenvalue weighted by Crippen LogP contribution is -2.27. The number of esters is 1. The topological polar surface area (TPSA) is 29.5 Å². The van der Waals surface area contributed by atoms with Gasteiger partial charge in [0.05, 0.1) is 6.42 Å². The molecule has 0 saturated carbocycles. The van der Waals surface area contributed by atoms with Crippen LogP contribution in [0.1, 0.15) is 32.8 Å². The fourth-order valence-electron chi connectivity index (χ4n) is 1.70. The highest BCUT2D eigenvalue weighted by atomic mass is 19.1. The van der Waals surface area contributed by atoms with Crippen molar-refractivity contribution in [3.63, 3.8) is 0 Å². The van der Waals surface area contributed by atoms with E-state index in [1.54, 1.807) is 6.07 Å². The molecular formula is C15H22FNO2. The highest BCUT2D eigenvalue weighted by Crippen LogP contribution is 2.10. The lowest BCUT2D eigenvalue weighted by molar-refractivity contribution is -0.155. The first-order chi connectivity index (χ1) is 8.76. The van der Waals surface area contributed by atoms with Crippen LogP contribution in [0.5, 0.6) is 0 Å². The van der Waals surface area contributed by atoms with Crippen LogP contribution in [-0.2, 0) is 16.1 Å². The molecule has 0 spiro atoms. The minimum Gasteiger partial charge on any atom is -0.460 e. The van der Waals surface area contributed by atoms with Crippen molar-refractivity contribution in [1.82, 2.24) is 4.90 Å². The van der Waals surface area contributed by atoms with Gasteiger partial charge in [0.1, 0.15) is 11.4 Å². The summed E-state index contributed by atoms with van der Waals surface area (Å²) in [5.74, 6) is -0.448. The van der Waals surface area contributed by atoms with Gasteiger partial charge in [-0.05, 0) is 45.5 Å². The fraction of sp³-hybridized carbons (Fsp3) is 0.533. The Bertz CT molecular complexity index is 426. The Morgan fingerprint density at radius 3 is 2.63 bits per heavy atom. The Balaban J connectivity index is 2.36. The van der Waals surface area contributed by atoms with E-state index in [1.165, 1.54) is 12.1 Å². The van der Waals surface area contributed by atoms with E-state index >= 15 is 0 Å². The van der Waals surface area contributed by atoms with Crippen LogP contribution in [0.2, 0.25) is 0 Å². The summed E-state index contributed by atoms with van der Waals surface area (Å²) in [5, 5.41) is 0. The van der Waals surface area contributed by atoms with E-state index in [2.05, 4.69) is 0 Å². The van der Waals surface area contributed by atoms with Gasteiger partial charge in [0.2, 0.25) is 0 Å². The minimum absolute atomic E-state index is 0.210. The molecule has 0 aliphatic rings. The molecule has 1 rings (SSSR count). The summed E-state index contributed by atoms with van der Waals surface area (Å²) < 4.78 is 18.3. The van der Waals surface area contributed by atoms with Gasteiger partial charge in [0.15, 0.2) is 0 Å². The van der Waals surface area contributed by atoms with Crippen molar-refractivity contribution in [2.24, 2.45) is 0 Å². The first-order valence-electron chi connectivity index (χ1n) is 6.41. The number of hydrogen-bond donors (Lipinski definition) is 0. The van der Waals surface area contributed by atoms with Crippen molar-refractivity contribution >= 4 is 5.97 Å². The zero-order chi connectivity index (χ0) is 14.5. The van der Waals surface area contributed by atoms with Crippen LogP contribution in [-0.4, -0.2) is 30.1 Å². The first-order valence-corrected chi connectivity index (χ1v) is 6.41. The highest BCUT2D eigenvalue weighted by molar-refractivity contribution is 5.70. The zero-order valence-corrected chi connectivity index (χ0v) is 12.1. The lowest BCUT2D eigenvalue weighted by Gasteiger charge is -2.21. The van der Waals surface area contributed by atoms with Crippen molar-refractivity contribution in [3.8, 4) is 0 Å². The predicted octanol–water partition coefficient (Wildman–Crippen LogP) is 2.99. The fourth-order valence-corrected chi connectivity index (χ4v) is 1.70. The van der Waals surface area contributed by atoms with Gasteiger partial charge in [-0.1, -0.05) is 12.1 Å². The van der Waals surface area contributed by atoms with Crippen LogP contribution in [0.4, 0.5) is 4.39 Å². The maximum Gasteiger partial charge on any atom is 0.307 e. The van der Waals surface area contributed by atoms with Crippen LogP contribution in [0, 0.1) is 5.82 Å². The summed E-state index contributed by atoms with van der Waals surface area (Å²) in [4.78, 5) is 13.5. The molecule has 3 nitrogen and oxygen atoms in total. The molecular weight excluding hydrogens is 245 g/mol. The van der Waals surface area contributed by atoms with E-state index in [0.717, 1.165) is 5.56 Å². The van der Waals surface area contributed by atoms with Gasteiger partial charge >= 0.3 is 5.97 Å². The number of benzene rings is 1. The number of carbonyl (C=O) groups excluding carboxylic acids is 1. The third-order valence-electron chi connectivity index (χ3n) is 2.46. The predicted molar refractivity (Wildman–Crippen MR) is 73.2 cm³/mol. The maximum absolute atomic E-state index is 13.0. The molecule has 106 valence electrons. The number of carbonyl (C=O) groups is 1. The van der Waals surface area contributed by atoms with Gasteiger partial charge in [-0.25, -0.2) is 4.39 Å². The Morgan fingerprint density at radius 2 is 2.05 bits per heavy atom. The van der Waals surface area contributed by atoms with E-state index in [1.807, 2.05) is 38.8 Å². The van der Waals surface area contributed by atoms with Crippen LogP contribution in [0.3, 0.4) is 0 Å². The molecule has 1 aromatic carbocycles. The Hall–Kier alpha value is -1.42. The second-order valence-electron chi connectivity index (χ2n) is 5.70. The van der Waals surface area contributed by atoms with Gasteiger partial charge in [-0.2, -0.15) is 0 Å². The van der Waals surface area contributed by atoms with Crippen molar-refractivity contribution in [1.29, 1.82) is 0 Å². The van der Waals surface area contributed by atoms with Crippen LogP contribution >= 0.6 is 0 Å². The van der Waals surface area contributed by atoms with E-state index in [-0.39, 0.29) is 11.8 Å². The number of nitrogens with zero attached hydrogens (tertiary/aromatic N) is 1. The SMILES string of the molecule is CN(CCC(=O)OC(C)(C)C)Cc1cccc(F)c1. The van der Waals surface area contributed by atoms with Crippen molar-refractivity contribution in [3.05, 3.63) is 35.6 Å². The van der Waals surface area contributed by atoms with Gasteiger partial charge in [0.25, 0.3) is 0 Å². The molecule has 0 atom stereocenters. The highest BCUT2D eigenvalue weighted by Gasteiger charge is 2.16. The molecule has 1 aromatic rings. The largest absolute Gasteiger partial charge is 0.460 e. The quantitative estimate of drug-likeness (QED) is 0.768. The average molecular weight is 267 g/mol. The number of hydrogen-bond acceptors (Lipinski definition) is 3. The van der Waals surface area contributed by atoms with E-state index in [0.29, 0.717) is 19.5 Å². The van der Waals surface area contributed by atoms with Crippen molar-refractivity contribution in [2.75, 3.05) is 13.6 Å². The van der Waals surface area contributed by atoms with Gasteiger partial charge in [0, 0.05) is 13.1 Å². The molecule has 0 aromatic heterocycles. The van der Waals surface area contributed by atoms with Crippen LogP contribution in [0.25, 0.3) is 0 Å². The smallest absolute Gasteiger partial charge is 0.307 e. The Labute approximate surface area is 114 Å². The second-order valence-corrected chi connectivity index (χ2v) is 5.70. The maximum atomic E-state index is 13.0. The van der Waals surface area contributed by atoms with Crippen molar-refractivity contribution in [2.45, 2.75) is 39.3 Å². The average Bonchev–Trinajstić information content (AvgIpc) is 2.24. The molecule has 0 heterocycles. The molecule has 0 amide bonds. The first kappa shape index (κ1) is 15.6. The molecule has 0 N–H and O–H groups in total. The zero-order valence-electron chi connectivity index (χ0n) is 12.1. The summed E-state index contributed by atoms with van der Waals surface area (Å²) in [6, 6.07) is 6.48. The molecule has 0 fully saturated rings. The minimum atomic E-state index is -0.446. The van der Waals surface area contributed by atoms with Gasteiger partial charge in [-0.3, -0.25) is 4.79 Å². The number of rotatable bonds is 5. The summed E-state index contributed by atoms with van der Waals surface area (Å²) >= 11 is 0. The molecule has 19 heavy (non-hydrogen) atoms. The number of halogens is 1. The second kappa shape index (κ2) is 6.66. The number of ether oxygens (including phenoxy) is 1. The summed E-state index contributed by atoms with van der Waals surface area (Å²) in [7, 11) is 1.90. The van der Waals surface area contributed by atoms with Gasteiger partial charge in [-0.15, -0.1) is 0 Å². The van der Waals surface area contributed by atoms with E-state index in [9.17, 15) is 9.18 Å². The Kier molecular flexibility index (Phi) is 5.48. The normalized spacial score (nSPS) is 11.7. The standard InChI is InChI=1S/C15H22FNO2/c1-15(2,3)19-14(18)8-9-17(4)11-12-6-5-7-13(16)10-12/h5-7,10H,8-9,11H2,1-4H3. The van der Waals surface area contributed by atoms with E-state index in [4.69, 9.17) is 4.74 Å². The molecule has 0 saturated heterocycles. The van der Waals surface area contributed by atoms with Crippen LogP contribution in [0.15, 0.2) is 24.3 Å². The monoisotopic (exact) mass is 267 g/mol. The summed E-state index contributed by atoms with van der Waals surface area (Å²) in [5.41, 5.74) is 0.449. The molecule has 0 unspecified atom stereocenters. The third kappa shape index (κ3) is 6.91. The molecule has 0 aliphatic carbocycles. The van der Waals surface area contributed by atoms with Crippen LogP contribution < -0.4 is 0 Å². The Morgan fingerprint density at radius 1 is 1.37 bits per heavy atom. The third-order valence-corrected chi connectivity index (χ3v) is 2.46. The molecule has 0 aliphatic heterocycles. The van der Waals surface area contributed by atoms with Gasteiger partial charge < -0.3 is 9.64 Å². The summed E-state index contributed by atoms with van der Waals surface area (Å²) in [6.07, 6.45) is 0.336. The lowest BCUT2D eigenvalue weighted by atomic mass is 10.2. The van der Waals surface area contributed by atoms with Crippen molar-refractivity contribution < 1.29 is 13.9 Å². The molecule has 0 radical (unpaired) electrons. The molecule has 0 bridgehead atoms. The molecule has 4 heteroatoms. The summed E-state index contributed by atoms with van der Waals surface area (Å²) in [6.45, 7) is 6.75.